The molecule has 166 valence electrons. The van der Waals surface area contributed by atoms with Crippen LogP contribution in [0.25, 0.3) is 0 Å². The summed E-state index contributed by atoms with van der Waals surface area (Å²) in [6.07, 6.45) is 5.09. The van der Waals surface area contributed by atoms with E-state index in [4.69, 9.17) is 0 Å². The first-order chi connectivity index (χ1) is 13.8. The first-order valence-corrected chi connectivity index (χ1v) is 12.8. The Morgan fingerprint density at radius 1 is 0.767 bits per heavy atom. The quantitative estimate of drug-likeness (QED) is 0.435. The minimum absolute atomic E-state index is 0.124. The van der Waals surface area contributed by atoms with E-state index in [0.717, 1.165) is 6.54 Å². The molecule has 0 amide bonds. The molecule has 0 saturated heterocycles. The highest BCUT2D eigenvalue weighted by Gasteiger charge is 2.31. The molecule has 0 radical (unpaired) electrons. The lowest BCUT2D eigenvalue weighted by Crippen LogP contribution is -2.44. The van der Waals surface area contributed by atoms with Crippen LogP contribution in [-0.4, -0.2) is 35.3 Å². The molecule has 0 saturated carbocycles. The van der Waals surface area contributed by atoms with Crippen molar-refractivity contribution in [2.75, 3.05) is 19.6 Å². The number of hydrogen-bond donors (Lipinski definition) is 1. The van der Waals surface area contributed by atoms with Gasteiger partial charge < -0.3 is 0 Å². The molecule has 0 spiro atoms. The molecule has 0 bridgehead atoms. The molecule has 0 fully saturated rings. The van der Waals surface area contributed by atoms with Crippen LogP contribution >= 0.6 is 8.20 Å². The first kappa shape index (κ1) is 23.5. The third-order valence-corrected chi connectivity index (χ3v) is 7.83. The van der Waals surface area contributed by atoms with E-state index in [9.17, 15) is 0 Å². The number of rotatable bonds is 1. The van der Waals surface area contributed by atoms with Gasteiger partial charge >= 0.3 is 0 Å². The average Bonchev–Trinajstić information content (AvgIpc) is 2.81. The minimum Gasteiger partial charge on any atom is -0.274 e. The van der Waals surface area contributed by atoms with Crippen LogP contribution in [-0.2, 0) is 16.2 Å². The summed E-state index contributed by atoms with van der Waals surface area (Å²) in [5.41, 5.74) is 4.93. The van der Waals surface area contributed by atoms with Crippen LogP contribution < -0.4 is 10.6 Å². The molecule has 3 heteroatoms. The Bertz CT molecular complexity index is 819. The summed E-state index contributed by atoms with van der Waals surface area (Å²) in [7, 11) is 1.41. The molecule has 2 aliphatic rings. The van der Waals surface area contributed by atoms with Gasteiger partial charge in [0.05, 0.1) is 24.9 Å². The molecule has 1 aromatic rings. The Balaban J connectivity index is 2.30. The molecule has 30 heavy (non-hydrogen) atoms. The maximum Gasteiger partial charge on any atom is 0.277 e. The predicted molar refractivity (Wildman–Crippen MR) is 136 cm³/mol. The number of amidine groups is 1. The van der Waals surface area contributed by atoms with E-state index in [2.05, 4.69) is 84.3 Å². The Labute approximate surface area is 187 Å². The lowest BCUT2D eigenvalue weighted by molar-refractivity contribution is -0.531. The third-order valence-electron chi connectivity index (χ3n) is 6.42. The van der Waals surface area contributed by atoms with E-state index < -0.39 is 0 Å². The molecule has 1 aromatic carbocycles. The summed E-state index contributed by atoms with van der Waals surface area (Å²) >= 11 is 0. The highest BCUT2D eigenvalue weighted by molar-refractivity contribution is 7.51. The molecule has 3 rings (SSSR count). The molecule has 0 atom stereocenters. The van der Waals surface area contributed by atoms with Gasteiger partial charge in [-0.1, -0.05) is 82.7 Å². The van der Waals surface area contributed by atoms with Crippen molar-refractivity contribution in [3.8, 4) is 0 Å². The van der Waals surface area contributed by atoms with Crippen molar-refractivity contribution < 1.29 is 4.58 Å². The number of hydrogen-bond acceptors (Lipinski definition) is 1. The molecule has 2 aliphatic heterocycles. The molecule has 1 N–H and O–H groups in total. The number of benzene rings is 1. The topological polar surface area (TPSA) is 15.0 Å². The zero-order valence-electron chi connectivity index (χ0n) is 21.0. The van der Waals surface area contributed by atoms with E-state index in [-0.39, 0.29) is 16.2 Å². The smallest absolute Gasteiger partial charge is 0.274 e. The molecule has 0 aromatic heterocycles. The van der Waals surface area contributed by atoms with Crippen molar-refractivity contribution >= 4 is 24.6 Å². The lowest BCUT2D eigenvalue weighted by atomic mass is 9.75. The van der Waals surface area contributed by atoms with Crippen LogP contribution in [0.2, 0.25) is 0 Å². The standard InChI is InChI=1S/C27H43N2P/c1-25(2,3)19-17-20(26(4,5)6)23(21(18-19)27(7,8)9)30-22-13-10-11-15-29-16-12-14-28-24(22)29/h17-18H,10-16H2,1-9H3/p+1. The Kier molecular flexibility index (Phi) is 6.60. The van der Waals surface area contributed by atoms with Gasteiger partial charge in [-0.2, -0.15) is 0 Å². The van der Waals surface area contributed by atoms with Crippen LogP contribution in [0.1, 0.15) is 105 Å². The van der Waals surface area contributed by atoms with Gasteiger partial charge in [0.1, 0.15) is 0 Å². The van der Waals surface area contributed by atoms with Gasteiger partial charge in [-0.3, -0.25) is 9.89 Å². The van der Waals surface area contributed by atoms with Crippen molar-refractivity contribution in [3.63, 3.8) is 0 Å². The molecule has 0 unspecified atom stereocenters. The van der Waals surface area contributed by atoms with Gasteiger partial charge in [0.25, 0.3) is 5.84 Å². The van der Waals surface area contributed by atoms with Crippen LogP contribution in [0.15, 0.2) is 12.1 Å². The van der Waals surface area contributed by atoms with Crippen LogP contribution in [0, 0.1) is 0 Å². The van der Waals surface area contributed by atoms with Crippen molar-refractivity contribution in [1.82, 2.24) is 5.32 Å². The van der Waals surface area contributed by atoms with Gasteiger partial charge in [0.2, 0.25) is 0 Å². The van der Waals surface area contributed by atoms with E-state index in [1.807, 2.05) is 0 Å². The van der Waals surface area contributed by atoms with Crippen LogP contribution in [0.3, 0.4) is 0 Å². The monoisotopic (exact) mass is 427 g/mol. The fraction of sp³-hybridized carbons (Fsp3) is 0.704. The predicted octanol–water partition coefficient (Wildman–Crippen LogP) is 5.91. The van der Waals surface area contributed by atoms with Crippen molar-refractivity contribution in [2.24, 2.45) is 0 Å². The third kappa shape index (κ3) is 5.18. The normalized spacial score (nSPS) is 20.1. The molecular weight excluding hydrogens is 383 g/mol. The van der Waals surface area contributed by atoms with Gasteiger partial charge in [-0.25, -0.2) is 0 Å². The maximum atomic E-state index is 3.78. The summed E-state index contributed by atoms with van der Waals surface area (Å²) in [5, 5.41) is 6.94. The summed E-state index contributed by atoms with van der Waals surface area (Å²) in [6, 6.07) is 5.04. The second kappa shape index (κ2) is 8.42. The molecular formula is C27H44N2P+. The van der Waals surface area contributed by atoms with Crippen molar-refractivity contribution in [1.29, 1.82) is 0 Å². The molecule has 2 nitrogen and oxygen atoms in total. The summed E-state index contributed by atoms with van der Waals surface area (Å²) in [6.45, 7) is 24.9. The fourth-order valence-corrected chi connectivity index (χ4v) is 6.40. The minimum atomic E-state index is 0.124. The highest BCUT2D eigenvalue weighted by Crippen LogP contribution is 2.35. The van der Waals surface area contributed by atoms with Gasteiger partial charge in [-0.15, -0.1) is 0 Å². The number of nitrogens with one attached hydrogen (secondary N) is 1. The first-order valence-electron chi connectivity index (χ1n) is 11.9. The number of nitrogens with zero attached hydrogens (tertiary/aromatic N) is 1. The SMILES string of the molecule is CC(C)(C)c1cc(C(C)(C)C)c(P=C2CCCC[N+]3=C2NCCC3)c(C(C)(C)C)c1. The Morgan fingerprint density at radius 2 is 1.33 bits per heavy atom. The van der Waals surface area contributed by atoms with E-state index >= 15 is 0 Å². The average molecular weight is 428 g/mol. The van der Waals surface area contributed by atoms with Gasteiger partial charge in [-0.05, 0) is 52.2 Å². The highest BCUT2D eigenvalue weighted by atomic mass is 31.1. The Hall–Kier alpha value is -1.14. The molecule has 2 heterocycles. The summed E-state index contributed by atoms with van der Waals surface area (Å²) < 4.78 is 2.62. The van der Waals surface area contributed by atoms with Gasteiger partial charge in [0.15, 0.2) is 0 Å². The van der Waals surface area contributed by atoms with Crippen molar-refractivity contribution in [2.45, 2.75) is 104 Å². The van der Waals surface area contributed by atoms with E-state index in [1.54, 1.807) is 10.6 Å². The van der Waals surface area contributed by atoms with Crippen LogP contribution in [0.4, 0.5) is 0 Å². The summed E-state index contributed by atoms with van der Waals surface area (Å²) in [5.74, 6) is 1.44. The van der Waals surface area contributed by atoms with E-state index in [1.165, 1.54) is 69.5 Å². The Morgan fingerprint density at radius 3 is 1.87 bits per heavy atom. The lowest BCUT2D eigenvalue weighted by Gasteiger charge is -2.32. The second-order valence-corrected chi connectivity index (χ2v) is 13.5. The zero-order valence-corrected chi connectivity index (χ0v) is 21.9. The van der Waals surface area contributed by atoms with E-state index in [0.29, 0.717) is 0 Å². The van der Waals surface area contributed by atoms with Gasteiger partial charge in [0, 0.05) is 11.7 Å². The zero-order chi connectivity index (χ0) is 22.3. The second-order valence-electron chi connectivity index (χ2n) is 12.3. The van der Waals surface area contributed by atoms with Crippen molar-refractivity contribution in [3.05, 3.63) is 28.8 Å². The van der Waals surface area contributed by atoms with Crippen LogP contribution in [0.5, 0.6) is 0 Å². The fourth-order valence-electron chi connectivity index (χ4n) is 4.50. The summed E-state index contributed by atoms with van der Waals surface area (Å²) in [4.78, 5) is 0. The largest absolute Gasteiger partial charge is 0.277 e. The maximum absolute atomic E-state index is 3.78. The molecule has 0 aliphatic carbocycles.